The maximum absolute atomic E-state index is 10.7. The summed E-state index contributed by atoms with van der Waals surface area (Å²) in [6.07, 6.45) is 2.37. The van der Waals surface area contributed by atoms with E-state index in [1.54, 1.807) is 0 Å². The van der Waals surface area contributed by atoms with E-state index < -0.39 is 11.2 Å². The van der Waals surface area contributed by atoms with Gasteiger partial charge in [0.2, 0.25) is 0 Å². The van der Waals surface area contributed by atoms with Gasteiger partial charge < -0.3 is 4.98 Å². The fourth-order valence-corrected chi connectivity index (χ4v) is 0.544. The molecule has 4 nitrogen and oxygen atoms in total. The molecular weight excluding hydrogens is 132 g/mol. The lowest BCUT2D eigenvalue weighted by Gasteiger charge is -1.86. The number of aromatic amines is 2. The van der Waals surface area contributed by atoms with Crippen molar-refractivity contribution in [2.75, 3.05) is 0 Å². The first-order valence-corrected chi connectivity index (χ1v) is 2.61. The molecule has 0 saturated carbocycles. The van der Waals surface area contributed by atoms with Crippen LogP contribution in [0.1, 0.15) is 5.56 Å². The van der Waals surface area contributed by atoms with Crippen molar-refractivity contribution in [1.29, 1.82) is 0 Å². The molecule has 1 rings (SSSR count). The van der Waals surface area contributed by atoms with Crippen LogP contribution in [0.5, 0.6) is 0 Å². The van der Waals surface area contributed by atoms with Gasteiger partial charge in [-0.2, -0.15) is 0 Å². The highest BCUT2D eigenvalue weighted by molar-refractivity contribution is 5.41. The van der Waals surface area contributed by atoms with Gasteiger partial charge in [0.05, 0.1) is 5.56 Å². The normalized spacial score (nSPS) is 9.20. The van der Waals surface area contributed by atoms with Gasteiger partial charge in [0.25, 0.3) is 5.56 Å². The minimum absolute atomic E-state index is 0.250. The van der Waals surface area contributed by atoms with E-state index in [2.05, 4.69) is 4.98 Å². The number of aromatic nitrogens is 2. The van der Waals surface area contributed by atoms with Crippen LogP contribution in [-0.4, -0.2) is 9.97 Å². The van der Waals surface area contributed by atoms with E-state index in [9.17, 15) is 9.59 Å². The molecule has 0 amide bonds. The first-order valence-electron chi connectivity index (χ1n) is 2.61. The molecule has 0 aliphatic rings. The Morgan fingerprint density at radius 1 is 1.50 bits per heavy atom. The molecule has 2 N–H and O–H groups in total. The van der Waals surface area contributed by atoms with Crippen molar-refractivity contribution < 1.29 is 0 Å². The molecule has 0 bridgehead atoms. The van der Waals surface area contributed by atoms with Crippen molar-refractivity contribution in [2.45, 2.75) is 0 Å². The molecule has 51 valence electrons. The Kier molecular flexibility index (Phi) is 1.53. The number of hydrogen-bond donors (Lipinski definition) is 2. The van der Waals surface area contributed by atoms with Crippen molar-refractivity contribution in [3.05, 3.63) is 39.2 Å². The lowest BCUT2D eigenvalue weighted by molar-refractivity contribution is 1.03. The summed E-state index contributed by atoms with van der Waals surface area (Å²) in [5, 5.41) is 0. The van der Waals surface area contributed by atoms with Crippen LogP contribution in [0, 0.1) is 6.58 Å². The zero-order valence-electron chi connectivity index (χ0n) is 5.05. The molecule has 1 aromatic rings. The minimum atomic E-state index is -0.532. The lowest BCUT2D eigenvalue weighted by atomic mass is 10.3. The summed E-state index contributed by atoms with van der Waals surface area (Å²) in [4.78, 5) is 25.4. The third-order valence-corrected chi connectivity index (χ3v) is 1.03. The Morgan fingerprint density at radius 3 is 2.70 bits per heavy atom. The van der Waals surface area contributed by atoms with Crippen LogP contribution in [-0.2, 0) is 0 Å². The van der Waals surface area contributed by atoms with E-state index in [4.69, 9.17) is 6.58 Å². The Labute approximate surface area is 56.2 Å². The van der Waals surface area contributed by atoms with E-state index in [-0.39, 0.29) is 5.56 Å². The van der Waals surface area contributed by atoms with Gasteiger partial charge in [-0.1, -0.05) is 6.58 Å². The van der Waals surface area contributed by atoms with Gasteiger partial charge in [-0.15, -0.1) is 0 Å². The number of H-pyrrole nitrogens is 2. The summed E-state index contributed by atoms with van der Waals surface area (Å²) < 4.78 is 0. The molecule has 0 atom stereocenters. The number of nitrogens with one attached hydrogen (secondary N) is 2. The largest absolute Gasteiger partial charge is 0.325 e. The van der Waals surface area contributed by atoms with Crippen LogP contribution >= 0.6 is 0 Å². The second kappa shape index (κ2) is 2.34. The van der Waals surface area contributed by atoms with Gasteiger partial charge in [0.1, 0.15) is 0 Å². The smallest absolute Gasteiger partial charge is 0.314 e. The summed E-state index contributed by atoms with van der Waals surface area (Å²) in [5.74, 6) is 0. The highest BCUT2D eigenvalue weighted by atomic mass is 16.2. The molecular formula is C6H5N2O2. The topological polar surface area (TPSA) is 65.7 Å². The van der Waals surface area contributed by atoms with Crippen LogP contribution in [0.15, 0.2) is 15.8 Å². The second-order valence-corrected chi connectivity index (χ2v) is 1.69. The predicted molar refractivity (Wildman–Crippen MR) is 36.4 cm³/mol. The Morgan fingerprint density at radius 2 is 2.20 bits per heavy atom. The molecule has 0 aromatic carbocycles. The summed E-state index contributed by atoms with van der Waals surface area (Å²) in [7, 11) is 0. The average Bonchev–Trinajstić information content (AvgIpc) is 1.88. The fourth-order valence-electron chi connectivity index (χ4n) is 0.544. The summed E-state index contributed by atoms with van der Waals surface area (Å²) in [6, 6.07) is 0. The monoisotopic (exact) mass is 137 g/mol. The molecule has 0 aliphatic carbocycles. The lowest BCUT2D eigenvalue weighted by Crippen LogP contribution is -2.22. The van der Waals surface area contributed by atoms with E-state index >= 15 is 0 Å². The van der Waals surface area contributed by atoms with Crippen molar-refractivity contribution in [3.63, 3.8) is 0 Å². The van der Waals surface area contributed by atoms with Gasteiger partial charge in [-0.3, -0.25) is 9.78 Å². The average molecular weight is 137 g/mol. The van der Waals surface area contributed by atoms with Crippen molar-refractivity contribution in [2.24, 2.45) is 0 Å². The van der Waals surface area contributed by atoms with Gasteiger partial charge in [-0.05, 0) is 6.08 Å². The van der Waals surface area contributed by atoms with E-state index in [0.29, 0.717) is 0 Å². The molecule has 0 spiro atoms. The molecule has 0 saturated heterocycles. The summed E-state index contributed by atoms with van der Waals surface area (Å²) in [5.41, 5.74) is -0.763. The van der Waals surface area contributed by atoms with Crippen LogP contribution < -0.4 is 11.2 Å². The van der Waals surface area contributed by atoms with Crippen molar-refractivity contribution >= 4 is 6.08 Å². The van der Waals surface area contributed by atoms with Crippen LogP contribution in [0.3, 0.4) is 0 Å². The quantitative estimate of drug-likeness (QED) is 0.548. The molecule has 0 fully saturated rings. The van der Waals surface area contributed by atoms with E-state index in [1.807, 2.05) is 4.98 Å². The fraction of sp³-hybridized carbons (Fsp3) is 0. The highest BCUT2D eigenvalue weighted by Gasteiger charge is 1.91. The Balaban J connectivity index is 3.48. The molecule has 1 aromatic heterocycles. The second-order valence-electron chi connectivity index (χ2n) is 1.69. The maximum atomic E-state index is 10.7. The van der Waals surface area contributed by atoms with Crippen LogP contribution in [0.25, 0.3) is 6.08 Å². The molecule has 10 heavy (non-hydrogen) atoms. The summed E-state index contributed by atoms with van der Waals surface area (Å²) >= 11 is 0. The van der Waals surface area contributed by atoms with Crippen molar-refractivity contribution in [3.8, 4) is 0 Å². The summed E-state index contributed by atoms with van der Waals surface area (Å²) in [6.45, 7) is 5.03. The van der Waals surface area contributed by atoms with E-state index in [1.165, 1.54) is 6.20 Å². The van der Waals surface area contributed by atoms with Crippen molar-refractivity contribution in [1.82, 2.24) is 9.97 Å². The van der Waals surface area contributed by atoms with Crippen LogP contribution in [0.2, 0.25) is 0 Å². The van der Waals surface area contributed by atoms with E-state index in [0.717, 1.165) is 6.08 Å². The third-order valence-electron chi connectivity index (χ3n) is 1.03. The number of rotatable bonds is 1. The maximum Gasteiger partial charge on any atom is 0.325 e. The zero-order chi connectivity index (χ0) is 7.56. The first-order chi connectivity index (χ1) is 4.74. The Hall–Kier alpha value is -1.58. The van der Waals surface area contributed by atoms with Crippen LogP contribution in [0.4, 0.5) is 0 Å². The molecule has 1 heterocycles. The Bertz CT molecular complexity index is 347. The van der Waals surface area contributed by atoms with Gasteiger partial charge in [-0.25, -0.2) is 4.79 Å². The SMILES string of the molecule is [CH]=Cc1c[nH]c(=O)[nH]c1=O. The third kappa shape index (κ3) is 1.05. The first kappa shape index (κ1) is 6.54. The standard InChI is InChI=1S/C6H5N2O2/c1-2-4-3-7-6(10)8-5(4)9/h1-3H,(H2,7,8,9,10). The molecule has 0 aliphatic heterocycles. The molecule has 1 radical (unpaired) electrons. The molecule has 4 heteroatoms. The van der Waals surface area contributed by atoms with Gasteiger partial charge in [0.15, 0.2) is 0 Å². The highest BCUT2D eigenvalue weighted by Crippen LogP contribution is 1.82. The number of hydrogen-bond acceptors (Lipinski definition) is 2. The van der Waals surface area contributed by atoms with Gasteiger partial charge in [0, 0.05) is 6.20 Å². The minimum Gasteiger partial charge on any atom is -0.314 e. The molecule has 0 unspecified atom stereocenters. The predicted octanol–water partition coefficient (Wildman–Crippen LogP) is -0.491. The van der Waals surface area contributed by atoms with Gasteiger partial charge >= 0.3 is 5.69 Å². The zero-order valence-corrected chi connectivity index (χ0v) is 5.05.